The molecule has 1 aromatic carbocycles. The zero-order chi connectivity index (χ0) is 9.84. The molecule has 4 heteroatoms. The summed E-state index contributed by atoms with van der Waals surface area (Å²) in [7, 11) is 1.39. The molecule has 0 aliphatic rings. The minimum absolute atomic E-state index is 0.175. The molecule has 0 saturated carbocycles. The van der Waals surface area contributed by atoms with Gasteiger partial charge >= 0.3 is 0 Å². The lowest BCUT2D eigenvalue weighted by molar-refractivity contribution is 0.319. The lowest BCUT2D eigenvalue weighted by Gasteiger charge is -2.03. The van der Waals surface area contributed by atoms with Gasteiger partial charge in [0, 0.05) is 5.56 Å². The highest BCUT2D eigenvalue weighted by atomic mass is 19.1. The van der Waals surface area contributed by atoms with Crippen molar-refractivity contribution in [2.45, 2.75) is 6.92 Å². The summed E-state index contributed by atoms with van der Waals surface area (Å²) in [4.78, 5) is 0. The van der Waals surface area contributed by atoms with Gasteiger partial charge < -0.3 is 9.94 Å². The summed E-state index contributed by atoms with van der Waals surface area (Å²) in [5.74, 6) is -0.294. The van der Waals surface area contributed by atoms with Gasteiger partial charge in [0.25, 0.3) is 0 Å². The largest absolute Gasteiger partial charge is 0.494 e. The minimum atomic E-state index is -0.469. The Kier molecular flexibility index (Phi) is 2.84. The molecular weight excluding hydrogens is 173 g/mol. The summed E-state index contributed by atoms with van der Waals surface area (Å²) in [6, 6.07) is 4.37. The van der Waals surface area contributed by atoms with Gasteiger partial charge in [-0.1, -0.05) is 5.16 Å². The lowest BCUT2D eigenvalue weighted by Crippen LogP contribution is -1.96. The Morgan fingerprint density at radius 1 is 1.54 bits per heavy atom. The first kappa shape index (κ1) is 9.51. The highest BCUT2D eigenvalue weighted by Gasteiger charge is 2.04. The summed E-state index contributed by atoms with van der Waals surface area (Å²) in [5, 5.41) is 11.4. The van der Waals surface area contributed by atoms with E-state index in [4.69, 9.17) is 9.94 Å². The molecule has 0 fully saturated rings. The van der Waals surface area contributed by atoms with Crippen LogP contribution >= 0.6 is 0 Å². The van der Waals surface area contributed by atoms with Crippen LogP contribution in [0.15, 0.2) is 23.4 Å². The number of benzene rings is 1. The first-order valence-corrected chi connectivity index (χ1v) is 3.71. The van der Waals surface area contributed by atoms with Crippen LogP contribution in [-0.2, 0) is 0 Å². The average Bonchev–Trinajstić information content (AvgIpc) is 2.16. The normalized spacial score (nSPS) is 11.5. The van der Waals surface area contributed by atoms with Crippen LogP contribution in [0.5, 0.6) is 5.75 Å². The summed E-state index contributed by atoms with van der Waals surface area (Å²) < 4.78 is 17.8. The second-order valence-electron chi connectivity index (χ2n) is 2.53. The molecule has 0 amide bonds. The van der Waals surface area contributed by atoms with Crippen molar-refractivity contribution < 1.29 is 14.3 Å². The van der Waals surface area contributed by atoms with E-state index in [-0.39, 0.29) is 5.75 Å². The van der Waals surface area contributed by atoms with Crippen LogP contribution in [0, 0.1) is 5.82 Å². The number of nitrogens with zero attached hydrogens (tertiary/aromatic N) is 1. The fraction of sp³-hybridized carbons (Fsp3) is 0.222. The van der Waals surface area contributed by atoms with E-state index in [1.165, 1.54) is 19.2 Å². The number of hydrogen-bond acceptors (Lipinski definition) is 3. The quantitative estimate of drug-likeness (QED) is 0.433. The predicted octanol–water partition coefficient (Wildman–Crippen LogP) is 2.03. The van der Waals surface area contributed by atoms with Gasteiger partial charge in [-0.05, 0) is 25.1 Å². The first-order chi connectivity index (χ1) is 6.19. The number of halogens is 1. The fourth-order valence-electron chi connectivity index (χ4n) is 0.949. The van der Waals surface area contributed by atoms with Crippen molar-refractivity contribution in [1.29, 1.82) is 0 Å². The maximum absolute atomic E-state index is 13.1. The Hall–Kier alpha value is -1.58. The van der Waals surface area contributed by atoms with Gasteiger partial charge in [0.2, 0.25) is 0 Å². The van der Waals surface area contributed by atoms with Crippen LogP contribution in [0.25, 0.3) is 0 Å². The second-order valence-corrected chi connectivity index (χ2v) is 2.53. The Balaban J connectivity index is 3.10. The fourth-order valence-corrected chi connectivity index (χ4v) is 0.949. The summed E-state index contributed by atoms with van der Waals surface area (Å²) >= 11 is 0. The molecule has 0 radical (unpaired) electrons. The van der Waals surface area contributed by atoms with Crippen LogP contribution in [-0.4, -0.2) is 18.0 Å². The SMILES string of the molecule is COc1ccc(C(C)=NO)cc1F. The third kappa shape index (κ3) is 1.96. The minimum Gasteiger partial charge on any atom is -0.494 e. The van der Waals surface area contributed by atoms with Crippen molar-refractivity contribution >= 4 is 5.71 Å². The van der Waals surface area contributed by atoms with E-state index in [2.05, 4.69) is 5.16 Å². The number of oxime groups is 1. The molecule has 0 bridgehead atoms. The van der Waals surface area contributed by atoms with Crippen molar-refractivity contribution in [3.63, 3.8) is 0 Å². The van der Waals surface area contributed by atoms with E-state index in [0.29, 0.717) is 11.3 Å². The van der Waals surface area contributed by atoms with E-state index < -0.39 is 5.82 Å². The van der Waals surface area contributed by atoms with Gasteiger partial charge in [0.05, 0.1) is 12.8 Å². The molecule has 0 heterocycles. The van der Waals surface area contributed by atoms with E-state index in [1.807, 2.05) is 0 Å². The maximum Gasteiger partial charge on any atom is 0.165 e. The molecule has 0 aromatic heterocycles. The number of methoxy groups -OCH3 is 1. The monoisotopic (exact) mass is 183 g/mol. The average molecular weight is 183 g/mol. The molecule has 1 rings (SSSR count). The molecule has 0 aliphatic carbocycles. The standard InChI is InChI=1S/C9H10FNO2/c1-6(11-12)7-3-4-9(13-2)8(10)5-7/h3-5,12H,1-2H3. The van der Waals surface area contributed by atoms with Crippen LogP contribution in [0.2, 0.25) is 0 Å². The number of ether oxygens (including phenoxy) is 1. The zero-order valence-electron chi connectivity index (χ0n) is 7.41. The predicted molar refractivity (Wildman–Crippen MR) is 46.9 cm³/mol. The highest BCUT2D eigenvalue weighted by molar-refractivity contribution is 5.98. The summed E-state index contributed by atoms with van der Waals surface area (Å²) in [6.07, 6.45) is 0. The third-order valence-corrected chi connectivity index (χ3v) is 1.72. The Morgan fingerprint density at radius 2 is 2.23 bits per heavy atom. The van der Waals surface area contributed by atoms with Gasteiger partial charge in [-0.15, -0.1) is 0 Å². The number of hydrogen-bond donors (Lipinski definition) is 1. The van der Waals surface area contributed by atoms with Crippen molar-refractivity contribution in [1.82, 2.24) is 0 Å². The highest BCUT2D eigenvalue weighted by Crippen LogP contribution is 2.17. The first-order valence-electron chi connectivity index (χ1n) is 3.71. The maximum atomic E-state index is 13.1. The van der Waals surface area contributed by atoms with E-state index in [9.17, 15) is 4.39 Å². The molecule has 0 spiro atoms. The van der Waals surface area contributed by atoms with E-state index >= 15 is 0 Å². The topological polar surface area (TPSA) is 41.8 Å². The smallest absolute Gasteiger partial charge is 0.165 e. The zero-order valence-corrected chi connectivity index (χ0v) is 7.41. The molecule has 13 heavy (non-hydrogen) atoms. The van der Waals surface area contributed by atoms with E-state index in [0.717, 1.165) is 0 Å². The van der Waals surface area contributed by atoms with Crippen molar-refractivity contribution in [3.8, 4) is 5.75 Å². The molecule has 0 saturated heterocycles. The molecule has 0 aliphatic heterocycles. The Labute approximate surface area is 75.4 Å². The Bertz CT molecular complexity index is 336. The van der Waals surface area contributed by atoms with Crippen LogP contribution in [0.4, 0.5) is 4.39 Å². The van der Waals surface area contributed by atoms with Gasteiger partial charge in [-0.3, -0.25) is 0 Å². The van der Waals surface area contributed by atoms with Crippen molar-refractivity contribution in [3.05, 3.63) is 29.6 Å². The van der Waals surface area contributed by atoms with E-state index in [1.54, 1.807) is 13.0 Å². The second kappa shape index (κ2) is 3.89. The number of rotatable bonds is 2. The van der Waals surface area contributed by atoms with Gasteiger partial charge in [0.15, 0.2) is 11.6 Å². The summed E-state index contributed by atoms with van der Waals surface area (Å²) in [6.45, 7) is 1.58. The molecule has 0 atom stereocenters. The Morgan fingerprint density at radius 3 is 2.69 bits per heavy atom. The van der Waals surface area contributed by atoms with Crippen molar-refractivity contribution in [2.75, 3.05) is 7.11 Å². The van der Waals surface area contributed by atoms with Crippen LogP contribution < -0.4 is 4.74 Å². The molecule has 70 valence electrons. The lowest BCUT2D eigenvalue weighted by atomic mass is 10.1. The van der Waals surface area contributed by atoms with Gasteiger partial charge in [-0.2, -0.15) is 0 Å². The molecule has 1 aromatic rings. The van der Waals surface area contributed by atoms with Gasteiger partial charge in [0.1, 0.15) is 0 Å². The van der Waals surface area contributed by atoms with Gasteiger partial charge in [-0.25, -0.2) is 4.39 Å². The van der Waals surface area contributed by atoms with Crippen LogP contribution in [0.3, 0.4) is 0 Å². The molecule has 1 N–H and O–H groups in total. The molecule has 0 unspecified atom stereocenters. The molecular formula is C9H10FNO2. The van der Waals surface area contributed by atoms with Crippen molar-refractivity contribution in [2.24, 2.45) is 5.16 Å². The third-order valence-electron chi connectivity index (χ3n) is 1.72. The summed E-state index contributed by atoms with van der Waals surface area (Å²) in [5.41, 5.74) is 0.891. The molecule has 3 nitrogen and oxygen atoms in total. The van der Waals surface area contributed by atoms with Crippen LogP contribution in [0.1, 0.15) is 12.5 Å².